The zero-order valence-corrected chi connectivity index (χ0v) is 12.0. The van der Waals surface area contributed by atoms with Gasteiger partial charge in [0.25, 0.3) is 0 Å². The van der Waals surface area contributed by atoms with Gasteiger partial charge in [0.2, 0.25) is 0 Å². The molecule has 2 N–H and O–H groups in total. The molecule has 1 fully saturated rings. The highest BCUT2D eigenvalue weighted by Gasteiger charge is 2.18. The fourth-order valence-electron chi connectivity index (χ4n) is 2.28. The molecule has 0 radical (unpaired) electrons. The summed E-state index contributed by atoms with van der Waals surface area (Å²) in [7, 11) is 1.30. The van der Waals surface area contributed by atoms with Crippen LogP contribution in [0.1, 0.15) is 36.0 Å². The number of methoxy groups -OCH3 is 1. The van der Waals surface area contributed by atoms with Gasteiger partial charge in [-0.05, 0) is 31.0 Å². The van der Waals surface area contributed by atoms with E-state index in [1.165, 1.54) is 13.2 Å². The number of nitrogens with one attached hydrogen (secondary N) is 2. The van der Waals surface area contributed by atoms with Gasteiger partial charge in [-0.15, -0.1) is 0 Å². The number of amides is 2. The Labute approximate surface area is 122 Å². The first-order valence-electron chi connectivity index (χ1n) is 6.55. The van der Waals surface area contributed by atoms with Crippen molar-refractivity contribution >= 4 is 29.3 Å². The third kappa shape index (κ3) is 3.63. The normalized spacial score (nSPS) is 14.9. The number of benzene rings is 1. The summed E-state index contributed by atoms with van der Waals surface area (Å²) in [6.45, 7) is 0. The van der Waals surface area contributed by atoms with Gasteiger partial charge >= 0.3 is 12.0 Å². The topological polar surface area (TPSA) is 67.4 Å². The molecule has 5 nitrogen and oxygen atoms in total. The minimum absolute atomic E-state index is 0.220. The second kappa shape index (κ2) is 6.61. The number of anilines is 1. The van der Waals surface area contributed by atoms with E-state index in [2.05, 4.69) is 15.4 Å². The van der Waals surface area contributed by atoms with Crippen LogP contribution in [0.2, 0.25) is 5.02 Å². The summed E-state index contributed by atoms with van der Waals surface area (Å²) in [5.74, 6) is -0.471. The minimum atomic E-state index is -0.471. The first-order valence-corrected chi connectivity index (χ1v) is 6.93. The molecule has 0 spiro atoms. The number of hydrogen-bond acceptors (Lipinski definition) is 3. The van der Waals surface area contributed by atoms with Crippen molar-refractivity contribution in [2.24, 2.45) is 0 Å². The number of esters is 1. The molecule has 108 valence electrons. The molecule has 0 aromatic heterocycles. The van der Waals surface area contributed by atoms with Crippen LogP contribution in [-0.2, 0) is 4.74 Å². The van der Waals surface area contributed by atoms with Crippen molar-refractivity contribution in [3.8, 4) is 0 Å². The number of hydrogen-bond donors (Lipinski definition) is 2. The van der Waals surface area contributed by atoms with Gasteiger partial charge in [-0.1, -0.05) is 24.4 Å². The number of rotatable bonds is 3. The zero-order valence-electron chi connectivity index (χ0n) is 11.2. The molecule has 2 amide bonds. The van der Waals surface area contributed by atoms with Crippen LogP contribution < -0.4 is 10.6 Å². The van der Waals surface area contributed by atoms with E-state index in [0.717, 1.165) is 25.7 Å². The van der Waals surface area contributed by atoms with Gasteiger partial charge in [0, 0.05) is 6.04 Å². The van der Waals surface area contributed by atoms with E-state index in [1.807, 2.05) is 0 Å². The quantitative estimate of drug-likeness (QED) is 0.842. The standard InChI is InChI=1S/C14H17ClN2O3/c1-20-13(18)9-6-7-11(15)12(8-9)17-14(19)16-10-4-2-3-5-10/h6-8,10H,2-5H2,1H3,(H2,16,17,19). The predicted molar refractivity (Wildman–Crippen MR) is 77.2 cm³/mol. The van der Waals surface area contributed by atoms with E-state index >= 15 is 0 Å². The van der Waals surface area contributed by atoms with Gasteiger partial charge in [0.15, 0.2) is 0 Å². The molecule has 1 aliphatic carbocycles. The maximum absolute atomic E-state index is 11.9. The third-order valence-corrected chi connectivity index (χ3v) is 3.66. The Morgan fingerprint density at radius 1 is 1.30 bits per heavy atom. The summed E-state index contributed by atoms with van der Waals surface area (Å²) in [5, 5.41) is 5.93. The molecular weight excluding hydrogens is 280 g/mol. The van der Waals surface area contributed by atoms with Gasteiger partial charge in [0.1, 0.15) is 0 Å². The molecule has 2 rings (SSSR count). The largest absolute Gasteiger partial charge is 0.465 e. The summed E-state index contributed by atoms with van der Waals surface area (Å²) in [6, 6.07) is 4.52. The lowest BCUT2D eigenvalue weighted by molar-refractivity contribution is 0.0600. The van der Waals surface area contributed by atoms with Crippen molar-refractivity contribution in [3.05, 3.63) is 28.8 Å². The Kier molecular flexibility index (Phi) is 4.84. The maximum Gasteiger partial charge on any atom is 0.337 e. The molecule has 20 heavy (non-hydrogen) atoms. The van der Waals surface area contributed by atoms with Crippen LogP contribution in [0.4, 0.5) is 10.5 Å². The maximum atomic E-state index is 11.9. The molecule has 1 saturated carbocycles. The second-order valence-electron chi connectivity index (χ2n) is 4.77. The summed E-state index contributed by atoms with van der Waals surface area (Å²) >= 11 is 6.01. The Morgan fingerprint density at radius 2 is 2.00 bits per heavy atom. The Bertz CT molecular complexity index is 513. The Morgan fingerprint density at radius 3 is 2.65 bits per heavy atom. The monoisotopic (exact) mass is 296 g/mol. The lowest BCUT2D eigenvalue weighted by Crippen LogP contribution is -2.36. The van der Waals surface area contributed by atoms with Crippen molar-refractivity contribution in [2.45, 2.75) is 31.7 Å². The predicted octanol–water partition coefficient (Wildman–Crippen LogP) is 3.19. The van der Waals surface area contributed by atoms with E-state index in [9.17, 15) is 9.59 Å². The first kappa shape index (κ1) is 14.7. The zero-order chi connectivity index (χ0) is 14.5. The van der Waals surface area contributed by atoms with E-state index in [1.54, 1.807) is 12.1 Å². The molecule has 0 saturated heterocycles. The molecule has 0 heterocycles. The molecule has 0 atom stereocenters. The smallest absolute Gasteiger partial charge is 0.337 e. The number of halogens is 1. The average Bonchev–Trinajstić information content (AvgIpc) is 2.93. The van der Waals surface area contributed by atoms with E-state index in [0.29, 0.717) is 16.3 Å². The van der Waals surface area contributed by atoms with Crippen LogP contribution in [0, 0.1) is 0 Å². The number of urea groups is 1. The highest BCUT2D eigenvalue weighted by atomic mass is 35.5. The molecule has 1 aliphatic rings. The fraction of sp³-hybridized carbons (Fsp3) is 0.429. The molecular formula is C14H17ClN2O3. The molecule has 0 aliphatic heterocycles. The van der Waals surface area contributed by atoms with Crippen molar-refractivity contribution in [2.75, 3.05) is 12.4 Å². The third-order valence-electron chi connectivity index (χ3n) is 3.33. The van der Waals surface area contributed by atoms with Gasteiger partial charge < -0.3 is 15.4 Å². The van der Waals surface area contributed by atoms with Crippen molar-refractivity contribution in [1.82, 2.24) is 5.32 Å². The number of carbonyl (C=O) groups is 2. The van der Waals surface area contributed by atoms with E-state index in [4.69, 9.17) is 11.6 Å². The van der Waals surface area contributed by atoms with Crippen LogP contribution >= 0.6 is 11.6 Å². The van der Waals surface area contributed by atoms with Gasteiger partial charge in [-0.3, -0.25) is 0 Å². The SMILES string of the molecule is COC(=O)c1ccc(Cl)c(NC(=O)NC2CCCC2)c1. The van der Waals surface area contributed by atoms with Gasteiger partial charge in [-0.2, -0.15) is 0 Å². The summed E-state index contributed by atoms with van der Waals surface area (Å²) in [4.78, 5) is 23.3. The first-order chi connectivity index (χ1) is 9.60. The lowest BCUT2D eigenvalue weighted by atomic mass is 10.2. The van der Waals surface area contributed by atoms with Gasteiger partial charge in [-0.25, -0.2) is 9.59 Å². The number of ether oxygens (including phenoxy) is 1. The van der Waals surface area contributed by atoms with Crippen LogP contribution in [0.15, 0.2) is 18.2 Å². The van der Waals surface area contributed by atoms with Crippen molar-refractivity contribution in [3.63, 3.8) is 0 Å². The van der Waals surface area contributed by atoms with Crippen molar-refractivity contribution < 1.29 is 14.3 Å². The molecule has 0 unspecified atom stereocenters. The molecule has 1 aromatic rings. The van der Waals surface area contributed by atoms with Crippen molar-refractivity contribution in [1.29, 1.82) is 0 Å². The van der Waals surface area contributed by atoms with E-state index in [-0.39, 0.29) is 12.1 Å². The molecule has 1 aromatic carbocycles. The highest BCUT2D eigenvalue weighted by molar-refractivity contribution is 6.33. The second-order valence-corrected chi connectivity index (χ2v) is 5.17. The minimum Gasteiger partial charge on any atom is -0.465 e. The van der Waals surface area contributed by atoms with Crippen LogP contribution in [0.25, 0.3) is 0 Å². The summed E-state index contributed by atoms with van der Waals surface area (Å²) < 4.78 is 4.63. The molecule has 6 heteroatoms. The highest BCUT2D eigenvalue weighted by Crippen LogP contribution is 2.24. The summed E-state index contributed by atoms with van der Waals surface area (Å²) in [5.41, 5.74) is 0.734. The van der Waals surface area contributed by atoms with Crippen LogP contribution in [0.5, 0.6) is 0 Å². The average molecular weight is 297 g/mol. The molecule has 0 bridgehead atoms. The van der Waals surface area contributed by atoms with Gasteiger partial charge in [0.05, 0.1) is 23.4 Å². The number of carbonyl (C=O) groups excluding carboxylic acids is 2. The van der Waals surface area contributed by atoms with Crippen LogP contribution in [0.3, 0.4) is 0 Å². The summed E-state index contributed by atoms with van der Waals surface area (Å²) in [6.07, 6.45) is 4.29. The Balaban J connectivity index is 2.03. The van der Waals surface area contributed by atoms with Crippen LogP contribution in [-0.4, -0.2) is 25.2 Å². The Hall–Kier alpha value is -1.75. The lowest BCUT2D eigenvalue weighted by Gasteiger charge is -2.14. The van der Waals surface area contributed by atoms with E-state index < -0.39 is 5.97 Å². The fourth-order valence-corrected chi connectivity index (χ4v) is 2.44.